The van der Waals surface area contributed by atoms with Crippen molar-refractivity contribution < 1.29 is 4.79 Å². The zero-order valence-electron chi connectivity index (χ0n) is 10.8. The average molecular weight is 294 g/mol. The molecular weight excluding hydrogens is 278 g/mol. The van der Waals surface area contributed by atoms with Crippen LogP contribution < -0.4 is 0 Å². The number of thiophene rings is 1. The minimum Gasteiger partial charge on any atom is -0.341 e. The molecule has 0 aliphatic rings. The second-order valence-corrected chi connectivity index (χ2v) is 5.72. The number of amides is 1. The number of carbonyl (C=O) groups is 1. The van der Waals surface area contributed by atoms with Crippen molar-refractivity contribution >= 4 is 28.8 Å². The first kappa shape index (κ1) is 14.1. The highest BCUT2D eigenvalue weighted by Crippen LogP contribution is 2.13. The Bertz CT molecular complexity index is 522. The lowest BCUT2D eigenvalue weighted by Crippen LogP contribution is -2.26. The fraction of sp³-hybridized carbons (Fsp3) is 0.267. The zero-order chi connectivity index (χ0) is 13.7. The van der Waals surface area contributed by atoms with Gasteiger partial charge in [-0.2, -0.15) is 11.3 Å². The molecule has 0 fully saturated rings. The summed E-state index contributed by atoms with van der Waals surface area (Å²) in [5, 5.41) is 4.85. The molecule has 0 saturated heterocycles. The molecule has 0 bridgehead atoms. The second-order valence-electron chi connectivity index (χ2n) is 4.51. The maximum absolute atomic E-state index is 12.0. The number of benzene rings is 1. The molecule has 0 radical (unpaired) electrons. The van der Waals surface area contributed by atoms with Gasteiger partial charge in [0.1, 0.15) is 0 Å². The van der Waals surface area contributed by atoms with E-state index in [0.29, 0.717) is 13.0 Å². The van der Waals surface area contributed by atoms with Crippen molar-refractivity contribution in [2.45, 2.75) is 19.4 Å². The van der Waals surface area contributed by atoms with E-state index in [1.807, 2.05) is 36.7 Å². The van der Waals surface area contributed by atoms with Gasteiger partial charge in [-0.1, -0.05) is 23.7 Å². The van der Waals surface area contributed by atoms with Crippen LogP contribution in [0.25, 0.3) is 0 Å². The Morgan fingerprint density at radius 3 is 2.58 bits per heavy atom. The Labute approximate surface area is 122 Å². The highest BCUT2D eigenvalue weighted by Gasteiger charge is 2.09. The van der Waals surface area contributed by atoms with E-state index in [1.165, 1.54) is 5.56 Å². The number of hydrogen-bond donors (Lipinski definition) is 0. The Balaban J connectivity index is 1.83. The average Bonchev–Trinajstić information content (AvgIpc) is 2.91. The fourth-order valence-electron chi connectivity index (χ4n) is 1.83. The minimum absolute atomic E-state index is 0.168. The Morgan fingerprint density at radius 2 is 1.95 bits per heavy atom. The van der Waals surface area contributed by atoms with Crippen LogP contribution in [0.3, 0.4) is 0 Å². The molecule has 0 N–H and O–H groups in total. The van der Waals surface area contributed by atoms with Crippen LogP contribution in [0.4, 0.5) is 0 Å². The van der Waals surface area contributed by atoms with Gasteiger partial charge in [-0.05, 0) is 46.5 Å². The van der Waals surface area contributed by atoms with Crippen molar-refractivity contribution in [3.8, 4) is 0 Å². The summed E-state index contributed by atoms with van der Waals surface area (Å²) in [7, 11) is 1.84. The summed E-state index contributed by atoms with van der Waals surface area (Å²) in [4.78, 5) is 13.8. The van der Waals surface area contributed by atoms with E-state index in [2.05, 4.69) is 11.4 Å². The van der Waals surface area contributed by atoms with Gasteiger partial charge in [-0.3, -0.25) is 4.79 Å². The van der Waals surface area contributed by atoms with Crippen LogP contribution in [-0.4, -0.2) is 17.9 Å². The zero-order valence-corrected chi connectivity index (χ0v) is 12.4. The first-order valence-corrected chi connectivity index (χ1v) is 7.47. The minimum atomic E-state index is 0.168. The fourth-order valence-corrected chi connectivity index (χ4v) is 2.66. The summed E-state index contributed by atoms with van der Waals surface area (Å²) >= 11 is 7.50. The number of nitrogens with zero attached hydrogens (tertiary/aromatic N) is 1. The summed E-state index contributed by atoms with van der Waals surface area (Å²) in [5.74, 6) is 0.168. The van der Waals surface area contributed by atoms with E-state index in [0.717, 1.165) is 17.0 Å². The summed E-state index contributed by atoms with van der Waals surface area (Å²) < 4.78 is 0. The van der Waals surface area contributed by atoms with Gasteiger partial charge in [0.2, 0.25) is 5.91 Å². The maximum Gasteiger partial charge on any atom is 0.222 e. The first-order chi connectivity index (χ1) is 9.15. The SMILES string of the molecule is CN(Cc1ccc(Cl)cc1)C(=O)CCc1ccsc1. The van der Waals surface area contributed by atoms with E-state index < -0.39 is 0 Å². The lowest BCUT2D eigenvalue weighted by Gasteiger charge is -2.17. The van der Waals surface area contributed by atoms with Crippen molar-refractivity contribution in [1.82, 2.24) is 4.90 Å². The summed E-state index contributed by atoms with van der Waals surface area (Å²) in [6.07, 6.45) is 1.37. The first-order valence-electron chi connectivity index (χ1n) is 6.14. The van der Waals surface area contributed by atoms with Gasteiger partial charge in [0.25, 0.3) is 0 Å². The Kier molecular flexibility index (Phi) is 5.00. The normalized spacial score (nSPS) is 10.4. The van der Waals surface area contributed by atoms with Gasteiger partial charge in [0, 0.05) is 25.0 Å². The molecule has 0 aliphatic carbocycles. The third kappa shape index (κ3) is 4.37. The van der Waals surface area contributed by atoms with Crippen LogP contribution in [0, 0.1) is 0 Å². The number of aryl methyl sites for hydroxylation is 1. The third-order valence-corrected chi connectivity index (χ3v) is 3.95. The van der Waals surface area contributed by atoms with Crippen molar-refractivity contribution in [2.24, 2.45) is 0 Å². The molecular formula is C15H16ClNOS. The Hall–Kier alpha value is -1.32. The smallest absolute Gasteiger partial charge is 0.222 e. The van der Waals surface area contributed by atoms with Crippen molar-refractivity contribution in [2.75, 3.05) is 7.05 Å². The quantitative estimate of drug-likeness (QED) is 0.816. The molecule has 0 unspecified atom stereocenters. The molecule has 100 valence electrons. The van der Waals surface area contributed by atoms with Gasteiger partial charge in [0.15, 0.2) is 0 Å². The highest BCUT2D eigenvalue weighted by molar-refractivity contribution is 7.07. The number of rotatable bonds is 5. The molecule has 2 nitrogen and oxygen atoms in total. The molecule has 1 heterocycles. The standard InChI is InChI=1S/C15H16ClNOS/c1-17(10-12-2-5-14(16)6-3-12)15(18)7-4-13-8-9-19-11-13/h2-3,5-6,8-9,11H,4,7,10H2,1H3. The van der Waals surface area contributed by atoms with Crippen molar-refractivity contribution in [1.29, 1.82) is 0 Å². The molecule has 2 aromatic rings. The highest BCUT2D eigenvalue weighted by atomic mass is 35.5. The van der Waals surface area contributed by atoms with E-state index in [9.17, 15) is 4.79 Å². The van der Waals surface area contributed by atoms with E-state index in [4.69, 9.17) is 11.6 Å². The largest absolute Gasteiger partial charge is 0.341 e. The van der Waals surface area contributed by atoms with Crippen LogP contribution in [0.2, 0.25) is 5.02 Å². The summed E-state index contributed by atoms with van der Waals surface area (Å²) in [5.41, 5.74) is 2.33. The molecule has 0 spiro atoms. The van der Waals surface area contributed by atoms with Crippen LogP contribution in [-0.2, 0) is 17.8 Å². The molecule has 4 heteroatoms. The molecule has 0 aliphatic heterocycles. The predicted octanol–water partition coefficient (Wildman–Crippen LogP) is 3.99. The molecule has 1 aromatic carbocycles. The maximum atomic E-state index is 12.0. The monoisotopic (exact) mass is 293 g/mol. The number of halogens is 1. The summed E-state index contributed by atoms with van der Waals surface area (Å²) in [6.45, 7) is 0.625. The number of hydrogen-bond acceptors (Lipinski definition) is 2. The van der Waals surface area contributed by atoms with Crippen molar-refractivity contribution in [3.05, 3.63) is 57.2 Å². The van der Waals surface area contributed by atoms with E-state index >= 15 is 0 Å². The van der Waals surface area contributed by atoms with Crippen molar-refractivity contribution in [3.63, 3.8) is 0 Å². The Morgan fingerprint density at radius 1 is 1.21 bits per heavy atom. The van der Waals surface area contributed by atoms with Crippen LogP contribution >= 0.6 is 22.9 Å². The summed E-state index contributed by atoms with van der Waals surface area (Å²) in [6, 6.07) is 9.66. The second kappa shape index (κ2) is 6.73. The third-order valence-electron chi connectivity index (χ3n) is 2.97. The van der Waals surface area contributed by atoms with Gasteiger partial charge < -0.3 is 4.90 Å². The molecule has 0 atom stereocenters. The molecule has 2 rings (SSSR count). The van der Waals surface area contributed by atoms with Gasteiger partial charge >= 0.3 is 0 Å². The topological polar surface area (TPSA) is 20.3 Å². The number of carbonyl (C=O) groups excluding carboxylic acids is 1. The van der Waals surface area contributed by atoms with Gasteiger partial charge in [-0.25, -0.2) is 0 Å². The predicted molar refractivity (Wildman–Crippen MR) is 80.6 cm³/mol. The molecule has 19 heavy (non-hydrogen) atoms. The van der Waals surface area contributed by atoms with E-state index in [-0.39, 0.29) is 5.91 Å². The van der Waals surface area contributed by atoms with E-state index in [1.54, 1.807) is 16.2 Å². The lowest BCUT2D eigenvalue weighted by molar-refractivity contribution is -0.130. The molecule has 0 saturated carbocycles. The van der Waals surface area contributed by atoms with Crippen LogP contribution in [0.15, 0.2) is 41.1 Å². The van der Waals surface area contributed by atoms with Crippen LogP contribution in [0.5, 0.6) is 0 Å². The lowest BCUT2D eigenvalue weighted by atomic mass is 10.1. The van der Waals surface area contributed by atoms with Gasteiger partial charge in [-0.15, -0.1) is 0 Å². The molecule has 1 amide bonds. The molecule has 1 aromatic heterocycles. The van der Waals surface area contributed by atoms with Gasteiger partial charge in [0.05, 0.1) is 0 Å². The van der Waals surface area contributed by atoms with Crippen LogP contribution in [0.1, 0.15) is 17.5 Å².